The Morgan fingerprint density at radius 3 is 2.47 bits per heavy atom. The minimum absolute atomic E-state index is 0.0723. The predicted molar refractivity (Wildman–Crippen MR) is 117 cm³/mol. The average Bonchev–Trinajstić information content (AvgIpc) is 3.53. The van der Waals surface area contributed by atoms with E-state index in [1.807, 2.05) is 47.4 Å². The molecule has 1 amide bonds. The second-order valence-corrected chi connectivity index (χ2v) is 8.47. The van der Waals surface area contributed by atoms with Crippen LogP contribution in [-0.2, 0) is 0 Å². The van der Waals surface area contributed by atoms with Crippen LogP contribution in [0.3, 0.4) is 0 Å². The Labute approximate surface area is 181 Å². The summed E-state index contributed by atoms with van der Waals surface area (Å²) in [4.78, 5) is 22.2. The molecule has 7 heteroatoms. The van der Waals surface area contributed by atoms with Crippen molar-refractivity contribution in [1.29, 1.82) is 0 Å². The molecule has 1 aliphatic heterocycles. The van der Waals surface area contributed by atoms with E-state index in [0.29, 0.717) is 17.5 Å². The average molecular weight is 422 g/mol. The van der Waals surface area contributed by atoms with Crippen LogP contribution in [0.4, 0.5) is 5.69 Å². The second kappa shape index (κ2) is 7.76. The third-order valence-electron chi connectivity index (χ3n) is 5.86. The lowest BCUT2D eigenvalue weighted by Gasteiger charge is -2.40. The minimum atomic E-state index is -0.108. The molecule has 2 aromatic carbocycles. The summed E-state index contributed by atoms with van der Waals surface area (Å²) >= 11 is 6.40. The van der Waals surface area contributed by atoms with Gasteiger partial charge in [0.25, 0.3) is 5.91 Å². The fourth-order valence-electron chi connectivity index (χ4n) is 4.08. The molecule has 1 aliphatic carbocycles. The molecule has 5 rings (SSSR count). The molecule has 1 unspecified atom stereocenters. The van der Waals surface area contributed by atoms with E-state index in [1.165, 1.54) is 5.69 Å². The molecule has 2 fully saturated rings. The first-order valence-electron chi connectivity index (χ1n) is 10.4. The Morgan fingerprint density at radius 1 is 1.03 bits per heavy atom. The molecular formula is C23H24ClN5O. The van der Waals surface area contributed by atoms with E-state index in [9.17, 15) is 4.79 Å². The zero-order chi connectivity index (χ0) is 20.7. The number of anilines is 1. The standard InChI is InChI=1S/C23H24ClN5O/c1-16-15-27(18-7-3-2-4-8-18)13-14-28(16)23(30)21-25-22(17-11-12-17)29(26-21)20-10-6-5-9-19(20)24/h2-10,16-17H,11-15H2,1H3. The van der Waals surface area contributed by atoms with Gasteiger partial charge in [-0.1, -0.05) is 41.9 Å². The molecule has 1 aromatic heterocycles. The highest BCUT2D eigenvalue weighted by molar-refractivity contribution is 6.32. The van der Waals surface area contributed by atoms with Crippen LogP contribution in [0.5, 0.6) is 0 Å². The number of hydrogen-bond acceptors (Lipinski definition) is 4. The van der Waals surface area contributed by atoms with E-state index in [0.717, 1.165) is 37.4 Å². The summed E-state index contributed by atoms with van der Waals surface area (Å²) in [6.45, 7) is 4.31. The SMILES string of the molecule is CC1CN(c2ccccc2)CCN1C(=O)c1nc(C2CC2)n(-c2ccccc2Cl)n1. The van der Waals surface area contributed by atoms with Crippen LogP contribution in [0.15, 0.2) is 54.6 Å². The van der Waals surface area contributed by atoms with E-state index >= 15 is 0 Å². The Hall–Kier alpha value is -2.86. The number of carbonyl (C=O) groups is 1. The smallest absolute Gasteiger partial charge is 0.293 e. The van der Waals surface area contributed by atoms with Gasteiger partial charge in [-0.15, -0.1) is 5.10 Å². The molecular weight excluding hydrogens is 398 g/mol. The molecule has 0 radical (unpaired) electrons. The minimum Gasteiger partial charge on any atom is -0.368 e. The first-order valence-corrected chi connectivity index (χ1v) is 10.8. The number of rotatable bonds is 4. The lowest BCUT2D eigenvalue weighted by Crippen LogP contribution is -2.54. The highest BCUT2D eigenvalue weighted by Gasteiger charge is 2.35. The van der Waals surface area contributed by atoms with Gasteiger partial charge in [0.2, 0.25) is 5.82 Å². The molecule has 2 heterocycles. The van der Waals surface area contributed by atoms with Gasteiger partial charge in [-0.2, -0.15) is 0 Å². The third-order valence-corrected chi connectivity index (χ3v) is 6.18. The number of amides is 1. The van der Waals surface area contributed by atoms with Crippen LogP contribution in [0.1, 0.15) is 42.1 Å². The maximum atomic E-state index is 13.3. The number of aromatic nitrogens is 3. The van der Waals surface area contributed by atoms with Gasteiger partial charge in [0.05, 0.1) is 10.7 Å². The van der Waals surface area contributed by atoms with E-state index in [2.05, 4.69) is 34.0 Å². The maximum Gasteiger partial charge on any atom is 0.293 e. The fraction of sp³-hybridized carbons (Fsp3) is 0.348. The Morgan fingerprint density at radius 2 is 1.77 bits per heavy atom. The van der Waals surface area contributed by atoms with E-state index in [1.54, 1.807) is 4.68 Å². The van der Waals surface area contributed by atoms with Crippen LogP contribution >= 0.6 is 11.6 Å². The van der Waals surface area contributed by atoms with Gasteiger partial charge in [-0.3, -0.25) is 4.79 Å². The molecule has 0 N–H and O–H groups in total. The van der Waals surface area contributed by atoms with Crippen molar-refractivity contribution < 1.29 is 4.79 Å². The molecule has 1 atom stereocenters. The number of hydrogen-bond donors (Lipinski definition) is 0. The first kappa shape index (κ1) is 19.1. The van der Waals surface area contributed by atoms with E-state index in [4.69, 9.17) is 11.6 Å². The molecule has 0 spiro atoms. The van der Waals surface area contributed by atoms with Crippen molar-refractivity contribution in [1.82, 2.24) is 19.7 Å². The molecule has 6 nitrogen and oxygen atoms in total. The lowest BCUT2D eigenvalue weighted by atomic mass is 10.1. The quantitative estimate of drug-likeness (QED) is 0.635. The predicted octanol–water partition coefficient (Wildman–Crippen LogP) is 4.15. The highest BCUT2D eigenvalue weighted by atomic mass is 35.5. The van der Waals surface area contributed by atoms with E-state index in [-0.39, 0.29) is 17.8 Å². The number of piperazine rings is 1. The summed E-state index contributed by atoms with van der Waals surface area (Å²) in [6.07, 6.45) is 2.14. The van der Waals surface area contributed by atoms with Crippen molar-refractivity contribution in [3.05, 3.63) is 71.3 Å². The Balaban J connectivity index is 1.39. The molecule has 154 valence electrons. The third kappa shape index (κ3) is 3.56. The van der Waals surface area contributed by atoms with Crippen molar-refractivity contribution in [3.8, 4) is 5.69 Å². The highest BCUT2D eigenvalue weighted by Crippen LogP contribution is 2.40. The molecule has 1 saturated heterocycles. The number of carbonyl (C=O) groups excluding carboxylic acids is 1. The first-order chi connectivity index (χ1) is 14.6. The van der Waals surface area contributed by atoms with Crippen LogP contribution in [0.25, 0.3) is 5.69 Å². The molecule has 30 heavy (non-hydrogen) atoms. The summed E-state index contributed by atoms with van der Waals surface area (Å²) in [5, 5.41) is 5.21. The number of nitrogens with zero attached hydrogens (tertiary/aromatic N) is 5. The molecule has 1 saturated carbocycles. The largest absolute Gasteiger partial charge is 0.368 e. The summed E-state index contributed by atoms with van der Waals surface area (Å²) in [7, 11) is 0. The fourth-order valence-corrected chi connectivity index (χ4v) is 4.30. The van der Waals surface area contributed by atoms with Crippen LogP contribution in [0.2, 0.25) is 5.02 Å². The van der Waals surface area contributed by atoms with Gasteiger partial charge in [0, 0.05) is 37.3 Å². The number of halogens is 1. The second-order valence-electron chi connectivity index (χ2n) is 8.06. The van der Waals surface area contributed by atoms with Crippen molar-refractivity contribution in [2.75, 3.05) is 24.5 Å². The number of benzene rings is 2. The van der Waals surface area contributed by atoms with Crippen LogP contribution < -0.4 is 4.90 Å². The summed E-state index contributed by atoms with van der Waals surface area (Å²) in [6, 6.07) is 18.0. The zero-order valence-corrected chi connectivity index (χ0v) is 17.7. The van der Waals surface area contributed by atoms with Crippen molar-refractivity contribution >= 4 is 23.2 Å². The Kier molecular flexibility index (Phi) is 4.95. The lowest BCUT2D eigenvalue weighted by molar-refractivity contribution is 0.0661. The van der Waals surface area contributed by atoms with Crippen molar-refractivity contribution in [2.24, 2.45) is 0 Å². The summed E-state index contributed by atoms with van der Waals surface area (Å²) < 4.78 is 1.76. The van der Waals surface area contributed by atoms with Gasteiger partial charge < -0.3 is 9.80 Å². The van der Waals surface area contributed by atoms with Gasteiger partial charge in [-0.25, -0.2) is 9.67 Å². The van der Waals surface area contributed by atoms with Crippen molar-refractivity contribution in [3.63, 3.8) is 0 Å². The van der Waals surface area contributed by atoms with Crippen LogP contribution in [-0.4, -0.2) is 51.2 Å². The molecule has 0 bridgehead atoms. The van der Waals surface area contributed by atoms with Gasteiger partial charge in [0.15, 0.2) is 0 Å². The maximum absolute atomic E-state index is 13.3. The molecule has 2 aliphatic rings. The topological polar surface area (TPSA) is 54.3 Å². The van der Waals surface area contributed by atoms with Gasteiger partial charge in [0.1, 0.15) is 5.82 Å². The van der Waals surface area contributed by atoms with E-state index < -0.39 is 0 Å². The van der Waals surface area contributed by atoms with Crippen LogP contribution in [0, 0.1) is 0 Å². The van der Waals surface area contributed by atoms with Gasteiger partial charge >= 0.3 is 0 Å². The Bertz CT molecular complexity index is 1060. The number of para-hydroxylation sites is 2. The summed E-state index contributed by atoms with van der Waals surface area (Å²) in [5.74, 6) is 1.34. The molecule has 3 aromatic rings. The monoisotopic (exact) mass is 421 g/mol. The summed E-state index contributed by atoms with van der Waals surface area (Å²) in [5.41, 5.74) is 1.96. The van der Waals surface area contributed by atoms with Gasteiger partial charge in [-0.05, 0) is 44.0 Å². The normalized spacial score (nSPS) is 19.2. The van der Waals surface area contributed by atoms with Crippen molar-refractivity contribution in [2.45, 2.75) is 31.7 Å². The zero-order valence-electron chi connectivity index (χ0n) is 16.9.